The zero-order chi connectivity index (χ0) is 37.9. The number of phosphoric ester groups is 1. The van der Waals surface area contributed by atoms with Gasteiger partial charge < -0.3 is 39.9 Å². The van der Waals surface area contributed by atoms with Gasteiger partial charge in [-0.1, -0.05) is 116 Å². The number of carbonyl (C=O) groups excluding carboxylic acids is 2. The van der Waals surface area contributed by atoms with Crippen molar-refractivity contribution in [1.29, 1.82) is 0 Å². The molecule has 1 saturated carbocycles. The molecule has 0 amide bonds. The zero-order valence-corrected chi connectivity index (χ0v) is 32.0. The fourth-order valence-corrected chi connectivity index (χ4v) is 6.84. The number of esters is 2. The summed E-state index contributed by atoms with van der Waals surface area (Å²) in [5.41, 5.74) is 0. The van der Waals surface area contributed by atoms with Crippen molar-refractivity contribution in [2.45, 2.75) is 198 Å². The van der Waals surface area contributed by atoms with Gasteiger partial charge in [0.15, 0.2) is 6.10 Å². The molecule has 0 aromatic heterocycles. The van der Waals surface area contributed by atoms with E-state index in [1.54, 1.807) is 0 Å². The van der Waals surface area contributed by atoms with Crippen LogP contribution in [0.4, 0.5) is 0 Å². The molecule has 1 rings (SSSR count). The lowest BCUT2D eigenvalue weighted by molar-refractivity contribution is -0.220. The molecule has 1 aliphatic carbocycles. The Morgan fingerprint density at radius 2 is 1.00 bits per heavy atom. The van der Waals surface area contributed by atoms with Crippen molar-refractivity contribution < 1.29 is 63.1 Å². The number of hydrogen-bond acceptors (Lipinski definition) is 12. The van der Waals surface area contributed by atoms with E-state index in [4.69, 9.17) is 18.5 Å². The van der Waals surface area contributed by atoms with E-state index in [0.717, 1.165) is 70.6 Å². The topological polar surface area (TPSA) is 210 Å². The molecule has 0 aromatic rings. The summed E-state index contributed by atoms with van der Waals surface area (Å²) in [6.07, 6.45) is 13.3. The van der Waals surface area contributed by atoms with E-state index >= 15 is 0 Å². The first-order chi connectivity index (χ1) is 24.4. The van der Waals surface area contributed by atoms with Gasteiger partial charge in [-0.3, -0.25) is 18.6 Å². The number of aliphatic hydroxyl groups excluding tert-OH is 5. The molecule has 0 bridgehead atoms. The van der Waals surface area contributed by atoms with Crippen molar-refractivity contribution in [3.8, 4) is 0 Å². The Labute approximate surface area is 305 Å². The molecule has 300 valence electrons. The summed E-state index contributed by atoms with van der Waals surface area (Å²) in [5, 5.41) is 49.8. The Kier molecular flexibility index (Phi) is 27.1. The Hall–Kier alpha value is -1.41. The second kappa shape index (κ2) is 29.0. The Bertz CT molecular complexity index is 964. The normalized spacial score (nSPS) is 24.0. The maximum atomic E-state index is 12.7. The van der Waals surface area contributed by atoms with Gasteiger partial charge in [0.25, 0.3) is 0 Å². The van der Waals surface area contributed by atoms with Crippen LogP contribution in [0.25, 0.3) is 0 Å². The molecule has 1 fully saturated rings. The number of unbranched alkanes of at least 4 members (excludes halogenated alkanes) is 17. The van der Waals surface area contributed by atoms with Crippen LogP contribution in [0.2, 0.25) is 0 Å². The summed E-state index contributed by atoms with van der Waals surface area (Å²) in [6.45, 7) is 3.18. The summed E-state index contributed by atoms with van der Waals surface area (Å²) in [7, 11) is -5.10. The maximum Gasteiger partial charge on any atom is 0.472 e. The van der Waals surface area contributed by atoms with Gasteiger partial charge in [0, 0.05) is 12.8 Å². The minimum absolute atomic E-state index is 0.0897. The van der Waals surface area contributed by atoms with Crippen LogP contribution in [-0.4, -0.2) is 98.3 Å². The number of phosphoric acid groups is 1. The lowest BCUT2D eigenvalue weighted by Gasteiger charge is -2.41. The molecule has 0 radical (unpaired) electrons. The second-order valence-corrected chi connectivity index (χ2v) is 15.2. The third-order valence-corrected chi connectivity index (χ3v) is 10.1. The Balaban J connectivity index is 2.49. The van der Waals surface area contributed by atoms with Crippen LogP contribution < -0.4 is 0 Å². The lowest BCUT2D eigenvalue weighted by atomic mass is 9.85. The van der Waals surface area contributed by atoms with E-state index in [9.17, 15) is 44.6 Å². The lowest BCUT2D eigenvalue weighted by Crippen LogP contribution is -2.64. The molecule has 0 saturated heterocycles. The number of aliphatic hydroxyl groups is 5. The van der Waals surface area contributed by atoms with Crippen LogP contribution in [0.5, 0.6) is 0 Å². The average molecular weight is 753 g/mol. The van der Waals surface area contributed by atoms with E-state index in [1.807, 2.05) is 0 Å². The summed E-state index contributed by atoms with van der Waals surface area (Å²) in [5.74, 6) is -1.12. The molecular weight excluding hydrogens is 683 g/mol. The standard InChI is InChI=1S/C37H69O13P/c1-3-5-7-9-11-12-13-14-15-16-17-18-19-20-22-24-26-31(39)49-29(27-47-30(38)25-23-21-10-8-6-4-2)28-48-51(45,46)50-37-35(43)33(41)32(40)34(42)36(37)44/h15-16,29,32-37,40-44H,3-14,17-28H2,1-2H3,(H,45,46)/b16-15-. The number of ether oxygens (including phenoxy) is 2. The van der Waals surface area contributed by atoms with Crippen LogP contribution in [0.1, 0.15) is 155 Å². The first kappa shape index (κ1) is 47.6. The predicted molar refractivity (Wildman–Crippen MR) is 194 cm³/mol. The van der Waals surface area contributed by atoms with Gasteiger partial charge in [0.1, 0.15) is 43.2 Å². The van der Waals surface area contributed by atoms with Gasteiger partial charge in [0.05, 0.1) is 6.61 Å². The van der Waals surface area contributed by atoms with Crippen LogP contribution in [0, 0.1) is 0 Å². The van der Waals surface area contributed by atoms with Crippen molar-refractivity contribution in [3.05, 3.63) is 12.2 Å². The number of allylic oxidation sites excluding steroid dienone is 2. The van der Waals surface area contributed by atoms with E-state index in [2.05, 4.69) is 26.0 Å². The molecule has 0 aromatic carbocycles. The van der Waals surface area contributed by atoms with Crippen LogP contribution >= 0.6 is 7.82 Å². The van der Waals surface area contributed by atoms with Crippen molar-refractivity contribution in [2.24, 2.45) is 0 Å². The predicted octanol–water partition coefficient (Wildman–Crippen LogP) is 5.94. The van der Waals surface area contributed by atoms with Gasteiger partial charge in [-0.15, -0.1) is 0 Å². The van der Waals surface area contributed by atoms with E-state index in [0.29, 0.717) is 12.8 Å². The highest BCUT2D eigenvalue weighted by molar-refractivity contribution is 7.47. The molecule has 0 aliphatic heterocycles. The zero-order valence-electron chi connectivity index (χ0n) is 31.2. The molecule has 6 atom stereocenters. The maximum absolute atomic E-state index is 12.7. The van der Waals surface area contributed by atoms with Gasteiger partial charge in [0.2, 0.25) is 0 Å². The van der Waals surface area contributed by atoms with E-state index in [1.165, 1.54) is 44.9 Å². The highest BCUT2D eigenvalue weighted by Gasteiger charge is 2.51. The first-order valence-electron chi connectivity index (χ1n) is 19.5. The quantitative estimate of drug-likeness (QED) is 0.0210. The number of hydrogen-bond donors (Lipinski definition) is 6. The molecular formula is C37H69O13P. The minimum atomic E-state index is -5.10. The van der Waals surface area contributed by atoms with Crippen LogP contribution in [0.15, 0.2) is 12.2 Å². The first-order valence-corrected chi connectivity index (χ1v) is 21.0. The number of rotatable bonds is 31. The van der Waals surface area contributed by atoms with Gasteiger partial charge in [-0.25, -0.2) is 4.57 Å². The summed E-state index contributed by atoms with van der Waals surface area (Å²) in [4.78, 5) is 35.2. The third kappa shape index (κ3) is 22.4. The molecule has 0 spiro atoms. The van der Waals surface area contributed by atoms with Gasteiger partial charge in [-0.2, -0.15) is 0 Å². The monoisotopic (exact) mass is 752 g/mol. The largest absolute Gasteiger partial charge is 0.472 e. The summed E-state index contributed by atoms with van der Waals surface area (Å²) >= 11 is 0. The second-order valence-electron chi connectivity index (χ2n) is 13.8. The molecule has 0 heterocycles. The number of carbonyl (C=O) groups is 2. The van der Waals surface area contributed by atoms with Crippen molar-refractivity contribution in [3.63, 3.8) is 0 Å². The SMILES string of the molecule is CCCCCCCCC/C=C\CCCCCCCC(=O)OC(COC(=O)CCCCCCCC)COP(=O)(O)OC1C(O)C(O)C(O)C(O)C1O. The molecule has 6 unspecified atom stereocenters. The Morgan fingerprint density at radius 1 is 0.588 bits per heavy atom. The highest BCUT2D eigenvalue weighted by Crippen LogP contribution is 2.47. The summed E-state index contributed by atoms with van der Waals surface area (Å²) < 4.78 is 33.2. The molecule has 6 N–H and O–H groups in total. The van der Waals surface area contributed by atoms with Gasteiger partial charge >= 0.3 is 19.8 Å². The third-order valence-electron chi connectivity index (χ3n) is 9.11. The molecule has 13 nitrogen and oxygen atoms in total. The van der Waals surface area contributed by atoms with E-state index in [-0.39, 0.29) is 12.8 Å². The summed E-state index contributed by atoms with van der Waals surface area (Å²) in [6, 6.07) is 0. The Morgan fingerprint density at radius 3 is 1.49 bits per heavy atom. The minimum Gasteiger partial charge on any atom is -0.462 e. The van der Waals surface area contributed by atoms with E-state index < -0.39 is 75.7 Å². The highest BCUT2D eigenvalue weighted by atomic mass is 31.2. The van der Waals surface area contributed by atoms with Crippen molar-refractivity contribution >= 4 is 19.8 Å². The van der Waals surface area contributed by atoms with Crippen LogP contribution in [0.3, 0.4) is 0 Å². The molecule has 51 heavy (non-hydrogen) atoms. The van der Waals surface area contributed by atoms with Gasteiger partial charge in [-0.05, 0) is 38.5 Å². The smallest absolute Gasteiger partial charge is 0.462 e. The van der Waals surface area contributed by atoms with Crippen LogP contribution in [-0.2, 0) is 32.7 Å². The fraction of sp³-hybridized carbons (Fsp3) is 0.892. The van der Waals surface area contributed by atoms with Crippen molar-refractivity contribution in [1.82, 2.24) is 0 Å². The molecule has 14 heteroatoms. The average Bonchev–Trinajstić information content (AvgIpc) is 3.10. The fourth-order valence-electron chi connectivity index (χ4n) is 5.87. The molecule has 1 aliphatic rings. The van der Waals surface area contributed by atoms with Crippen molar-refractivity contribution in [2.75, 3.05) is 13.2 Å².